The summed E-state index contributed by atoms with van der Waals surface area (Å²) in [5, 5.41) is 0. The van der Waals surface area contributed by atoms with E-state index in [1.807, 2.05) is 32.6 Å². The Morgan fingerprint density at radius 2 is 1.79 bits per heavy atom. The largest absolute Gasteiger partial charge is 0.465 e. The molecule has 1 atom stereocenters. The molecule has 2 aliphatic heterocycles. The van der Waals surface area contributed by atoms with Gasteiger partial charge in [0, 0.05) is 57.5 Å². The molecule has 3 fully saturated rings. The van der Waals surface area contributed by atoms with Gasteiger partial charge in [0.1, 0.15) is 17.7 Å². The molecule has 1 aliphatic carbocycles. The van der Waals surface area contributed by atoms with Crippen molar-refractivity contribution < 1.29 is 9.53 Å². The second kappa shape index (κ2) is 13.7. The first kappa shape index (κ1) is 30.0. The number of rotatable bonds is 11. The summed E-state index contributed by atoms with van der Waals surface area (Å²) >= 11 is 0. The van der Waals surface area contributed by atoms with Crippen molar-refractivity contribution in [1.29, 1.82) is 0 Å². The second-order valence-corrected chi connectivity index (χ2v) is 13.2. The number of carbonyl (C=O) groups excluding carboxylic acids is 1. The van der Waals surface area contributed by atoms with Gasteiger partial charge in [-0.1, -0.05) is 43.5 Å². The number of nitrogens with zero attached hydrogens (tertiary/aromatic N) is 6. The SMILES string of the molecule is CCOC(=O)C1CC2(CCN(C3CCCCC3)CC2)CN1Cc1ccc(CN(Cc2ncc[nH]2)Cc2nccn2C)cc1. The summed E-state index contributed by atoms with van der Waals surface area (Å²) in [7, 11) is 2.04. The molecule has 4 heterocycles. The number of aryl methyl sites for hydroxylation is 1. The fourth-order valence-electron chi connectivity index (χ4n) is 7.71. The first-order chi connectivity index (χ1) is 21.0. The van der Waals surface area contributed by atoms with Gasteiger partial charge in [-0.3, -0.25) is 14.6 Å². The highest BCUT2D eigenvalue weighted by molar-refractivity contribution is 5.76. The van der Waals surface area contributed by atoms with E-state index in [-0.39, 0.29) is 17.4 Å². The molecule has 1 aromatic carbocycles. The third-order valence-electron chi connectivity index (χ3n) is 10.1. The first-order valence-corrected chi connectivity index (χ1v) is 16.4. The lowest BCUT2D eigenvalue weighted by Crippen LogP contribution is -2.46. The van der Waals surface area contributed by atoms with E-state index in [1.54, 1.807) is 6.20 Å². The molecule has 1 spiro atoms. The van der Waals surface area contributed by atoms with Crippen LogP contribution in [0.3, 0.4) is 0 Å². The molecule has 2 aromatic heterocycles. The molecule has 9 heteroatoms. The number of likely N-dealkylation sites (tertiary alicyclic amines) is 2. The lowest BCUT2D eigenvalue weighted by atomic mass is 9.76. The highest BCUT2D eigenvalue weighted by atomic mass is 16.5. The molecule has 0 bridgehead atoms. The second-order valence-electron chi connectivity index (χ2n) is 13.2. The van der Waals surface area contributed by atoms with E-state index in [4.69, 9.17) is 4.74 Å². The molecule has 1 unspecified atom stereocenters. The third-order valence-corrected chi connectivity index (χ3v) is 10.1. The van der Waals surface area contributed by atoms with Crippen LogP contribution in [0.4, 0.5) is 0 Å². The number of piperidine rings is 1. The molecule has 9 nitrogen and oxygen atoms in total. The van der Waals surface area contributed by atoms with Crippen LogP contribution in [0.25, 0.3) is 0 Å². The maximum atomic E-state index is 13.1. The van der Waals surface area contributed by atoms with Gasteiger partial charge >= 0.3 is 5.97 Å². The summed E-state index contributed by atoms with van der Waals surface area (Å²) in [6.07, 6.45) is 17.7. The topological polar surface area (TPSA) is 82.5 Å². The Kier molecular flexibility index (Phi) is 9.60. The zero-order valence-corrected chi connectivity index (χ0v) is 26.1. The minimum atomic E-state index is -0.151. The molecular formula is C34H49N7O2. The highest BCUT2D eigenvalue weighted by Gasteiger charge is 2.49. The van der Waals surface area contributed by atoms with Gasteiger partial charge in [0.25, 0.3) is 0 Å². The number of imidazole rings is 2. The molecule has 6 rings (SSSR count). The Bertz CT molecular complexity index is 1290. The first-order valence-electron chi connectivity index (χ1n) is 16.4. The standard InChI is InChI=1S/C34H49N7O2/c1-3-43-33(42)30-21-34(13-18-40(19-14-34)29-7-5-4-6-8-29)26-41(30)23-28-11-9-27(10-12-28)22-39(24-31-35-15-16-36-31)25-32-37-17-20-38(32)2/h9-12,15-17,20,29-30H,3-8,13-14,18-19,21-26H2,1-2H3,(H,35,36). The summed E-state index contributed by atoms with van der Waals surface area (Å²) < 4.78 is 7.66. The van der Waals surface area contributed by atoms with Crippen molar-refractivity contribution in [3.8, 4) is 0 Å². The quantitative estimate of drug-likeness (QED) is 0.320. The molecule has 0 radical (unpaired) electrons. The molecule has 43 heavy (non-hydrogen) atoms. The average Bonchev–Trinajstić information content (AvgIpc) is 3.77. The Labute approximate surface area is 256 Å². The molecule has 3 aromatic rings. The van der Waals surface area contributed by atoms with Crippen LogP contribution >= 0.6 is 0 Å². The van der Waals surface area contributed by atoms with E-state index in [0.29, 0.717) is 6.61 Å². The Morgan fingerprint density at radius 3 is 2.47 bits per heavy atom. The van der Waals surface area contributed by atoms with Gasteiger partial charge < -0.3 is 19.2 Å². The van der Waals surface area contributed by atoms with E-state index in [9.17, 15) is 4.79 Å². The fraction of sp³-hybridized carbons (Fsp3) is 0.618. The average molecular weight is 588 g/mol. The van der Waals surface area contributed by atoms with Gasteiger partial charge in [0.05, 0.1) is 19.7 Å². The van der Waals surface area contributed by atoms with Crippen molar-refractivity contribution in [1.82, 2.24) is 34.2 Å². The van der Waals surface area contributed by atoms with E-state index in [2.05, 4.69) is 58.5 Å². The van der Waals surface area contributed by atoms with E-state index in [0.717, 1.165) is 56.8 Å². The summed E-state index contributed by atoms with van der Waals surface area (Å²) in [5.74, 6) is 1.93. The zero-order chi connectivity index (χ0) is 29.6. The number of aromatic amines is 1. The molecule has 1 N–H and O–H groups in total. The predicted molar refractivity (Wildman–Crippen MR) is 167 cm³/mol. The van der Waals surface area contributed by atoms with E-state index >= 15 is 0 Å². The predicted octanol–water partition coefficient (Wildman–Crippen LogP) is 4.90. The Balaban J connectivity index is 1.10. The highest BCUT2D eigenvalue weighted by Crippen LogP contribution is 2.45. The van der Waals surface area contributed by atoms with Crippen molar-refractivity contribution >= 4 is 5.97 Å². The minimum absolute atomic E-state index is 0.0476. The number of ether oxygens (including phenoxy) is 1. The van der Waals surface area contributed by atoms with Crippen LogP contribution in [0, 0.1) is 5.41 Å². The van der Waals surface area contributed by atoms with Gasteiger partial charge in [0.15, 0.2) is 0 Å². The number of hydrogen-bond donors (Lipinski definition) is 1. The monoisotopic (exact) mass is 587 g/mol. The van der Waals surface area contributed by atoms with Crippen LogP contribution in [-0.4, -0.2) is 78.5 Å². The van der Waals surface area contributed by atoms with Crippen molar-refractivity contribution in [2.24, 2.45) is 12.5 Å². The van der Waals surface area contributed by atoms with Crippen LogP contribution in [0.1, 0.15) is 81.1 Å². The maximum Gasteiger partial charge on any atom is 0.323 e. The van der Waals surface area contributed by atoms with Crippen molar-refractivity contribution in [2.75, 3.05) is 26.2 Å². The molecular weight excluding hydrogens is 538 g/mol. The van der Waals surface area contributed by atoms with Crippen LogP contribution in [0.15, 0.2) is 49.1 Å². The number of aromatic nitrogens is 4. The summed E-state index contributed by atoms with van der Waals surface area (Å²) in [6, 6.07) is 9.57. The van der Waals surface area contributed by atoms with Gasteiger partial charge in [-0.15, -0.1) is 0 Å². The van der Waals surface area contributed by atoms with E-state index < -0.39 is 0 Å². The van der Waals surface area contributed by atoms with Gasteiger partial charge in [-0.05, 0) is 68.7 Å². The third kappa shape index (κ3) is 7.39. The van der Waals surface area contributed by atoms with Gasteiger partial charge in [0.2, 0.25) is 0 Å². The van der Waals surface area contributed by atoms with Crippen LogP contribution in [0.2, 0.25) is 0 Å². The molecule has 1 saturated carbocycles. The number of benzene rings is 1. The van der Waals surface area contributed by atoms with Crippen molar-refractivity contribution in [3.63, 3.8) is 0 Å². The lowest BCUT2D eigenvalue weighted by Gasteiger charge is -2.43. The molecule has 232 valence electrons. The molecule has 3 aliphatic rings. The summed E-state index contributed by atoms with van der Waals surface area (Å²) in [5.41, 5.74) is 2.72. The fourth-order valence-corrected chi connectivity index (χ4v) is 7.71. The Morgan fingerprint density at radius 1 is 1.02 bits per heavy atom. The number of esters is 1. The van der Waals surface area contributed by atoms with Crippen LogP contribution in [-0.2, 0) is 42.8 Å². The lowest BCUT2D eigenvalue weighted by molar-refractivity contribution is -0.148. The number of carbonyl (C=O) groups is 1. The van der Waals surface area contributed by atoms with Crippen molar-refractivity contribution in [2.45, 2.75) is 96.6 Å². The van der Waals surface area contributed by atoms with Gasteiger partial charge in [-0.25, -0.2) is 9.97 Å². The van der Waals surface area contributed by atoms with E-state index in [1.165, 1.54) is 69.2 Å². The summed E-state index contributed by atoms with van der Waals surface area (Å²) in [4.78, 5) is 32.9. The number of hydrogen-bond acceptors (Lipinski definition) is 7. The number of nitrogens with one attached hydrogen (secondary N) is 1. The van der Waals surface area contributed by atoms with Crippen LogP contribution < -0.4 is 0 Å². The summed E-state index contributed by atoms with van der Waals surface area (Å²) in [6.45, 7) is 8.72. The normalized spacial score (nSPS) is 21.6. The van der Waals surface area contributed by atoms with Crippen molar-refractivity contribution in [3.05, 3.63) is 71.8 Å². The molecule has 2 saturated heterocycles. The zero-order valence-electron chi connectivity index (χ0n) is 26.1. The Hall–Kier alpha value is -3.01. The smallest absolute Gasteiger partial charge is 0.323 e. The van der Waals surface area contributed by atoms with Crippen LogP contribution in [0.5, 0.6) is 0 Å². The number of H-pyrrole nitrogens is 1. The molecule has 0 amide bonds. The minimum Gasteiger partial charge on any atom is -0.465 e. The van der Waals surface area contributed by atoms with Gasteiger partial charge in [-0.2, -0.15) is 0 Å². The maximum absolute atomic E-state index is 13.1.